The lowest BCUT2D eigenvalue weighted by molar-refractivity contribution is -0.137. The Morgan fingerprint density at radius 1 is 1.35 bits per heavy atom. The molecule has 0 aliphatic heterocycles. The smallest absolute Gasteiger partial charge is 0.399 e. The molecule has 1 saturated carbocycles. The first kappa shape index (κ1) is 15.4. The summed E-state index contributed by atoms with van der Waals surface area (Å²) in [5, 5.41) is -0.183. The van der Waals surface area contributed by atoms with Gasteiger partial charge in [0.1, 0.15) is 11.4 Å². The normalized spacial score (nSPS) is 16.6. The van der Waals surface area contributed by atoms with Crippen LogP contribution >= 0.6 is 11.6 Å². The first-order valence-electron chi connectivity index (χ1n) is 5.75. The average molecular weight is 329 g/mol. The van der Waals surface area contributed by atoms with Crippen molar-refractivity contribution >= 4 is 27.3 Å². The molecule has 112 valence electrons. The number of nitrogens with zero attached hydrogens (tertiary/aromatic N) is 1. The van der Waals surface area contributed by atoms with Gasteiger partial charge in [0, 0.05) is 11.7 Å². The zero-order valence-corrected chi connectivity index (χ0v) is 11.8. The van der Waals surface area contributed by atoms with Crippen molar-refractivity contribution in [3.05, 3.63) is 23.2 Å². The number of hydrogen-bond donors (Lipinski definition) is 1. The van der Waals surface area contributed by atoms with E-state index < -0.39 is 28.8 Å². The lowest BCUT2D eigenvalue weighted by Gasteiger charge is -2.23. The lowest BCUT2D eigenvalue weighted by Crippen LogP contribution is -2.40. The molecule has 0 radical (unpaired) electrons. The minimum atomic E-state index is -4.60. The van der Waals surface area contributed by atoms with Crippen molar-refractivity contribution in [1.29, 1.82) is 0 Å². The van der Waals surface area contributed by atoms with Crippen molar-refractivity contribution in [3.63, 3.8) is 0 Å². The molecule has 0 saturated heterocycles. The number of rotatable bonds is 4. The molecular weight excluding hydrogens is 317 g/mol. The largest absolute Gasteiger partial charge is 0.402 e. The highest BCUT2D eigenvalue weighted by molar-refractivity contribution is 7.89. The van der Waals surface area contributed by atoms with Gasteiger partial charge in [0.25, 0.3) is 0 Å². The van der Waals surface area contributed by atoms with Crippen LogP contribution in [-0.4, -0.2) is 31.5 Å². The fourth-order valence-electron chi connectivity index (χ4n) is 1.80. The van der Waals surface area contributed by atoms with Crippen LogP contribution in [0.3, 0.4) is 0 Å². The second-order valence-corrected chi connectivity index (χ2v) is 6.85. The Balaban J connectivity index is 2.40. The zero-order valence-electron chi connectivity index (χ0n) is 10.2. The van der Waals surface area contributed by atoms with Crippen LogP contribution in [0.25, 0.3) is 0 Å². The first-order chi connectivity index (χ1) is 9.11. The van der Waals surface area contributed by atoms with Crippen LogP contribution in [-0.2, 0) is 10.0 Å². The lowest BCUT2D eigenvalue weighted by atomic mass is 10.3. The van der Waals surface area contributed by atoms with Crippen molar-refractivity contribution in [3.8, 4) is 0 Å². The molecule has 2 N–H and O–H groups in total. The van der Waals surface area contributed by atoms with Crippen LogP contribution < -0.4 is 5.73 Å². The molecule has 1 fully saturated rings. The van der Waals surface area contributed by atoms with E-state index in [2.05, 4.69) is 0 Å². The molecular formula is C11H12ClF3N2O2S. The molecule has 2 rings (SSSR count). The Labute approximate surface area is 119 Å². The molecule has 1 aromatic rings. The molecule has 0 spiro atoms. The number of nitrogen functional groups attached to an aromatic ring is 1. The maximum Gasteiger partial charge on any atom is 0.402 e. The molecule has 20 heavy (non-hydrogen) atoms. The summed E-state index contributed by atoms with van der Waals surface area (Å²) in [6.07, 6.45) is -3.76. The van der Waals surface area contributed by atoms with Gasteiger partial charge in [0.15, 0.2) is 0 Å². The van der Waals surface area contributed by atoms with E-state index in [4.69, 9.17) is 17.3 Å². The third kappa shape index (κ3) is 3.36. The Bertz CT molecular complexity index is 615. The third-order valence-corrected chi connectivity index (χ3v) is 5.21. The Morgan fingerprint density at radius 3 is 2.40 bits per heavy atom. The van der Waals surface area contributed by atoms with Gasteiger partial charge >= 0.3 is 6.18 Å². The van der Waals surface area contributed by atoms with Crippen LogP contribution in [0.15, 0.2) is 23.1 Å². The summed E-state index contributed by atoms with van der Waals surface area (Å²) in [6, 6.07) is 3.00. The molecule has 0 bridgehead atoms. The van der Waals surface area contributed by atoms with E-state index in [-0.39, 0.29) is 15.6 Å². The predicted molar refractivity (Wildman–Crippen MR) is 68.8 cm³/mol. The van der Waals surface area contributed by atoms with Gasteiger partial charge in [-0.3, -0.25) is 0 Å². The molecule has 0 amide bonds. The second-order valence-electron chi connectivity index (χ2n) is 4.59. The van der Waals surface area contributed by atoms with E-state index in [0.717, 1.165) is 6.07 Å². The fraction of sp³-hybridized carbons (Fsp3) is 0.455. The van der Waals surface area contributed by atoms with Gasteiger partial charge in [-0.1, -0.05) is 11.6 Å². The van der Waals surface area contributed by atoms with Crippen molar-refractivity contribution in [2.75, 3.05) is 12.3 Å². The number of halogens is 4. The maximum atomic E-state index is 12.5. The SMILES string of the molecule is Nc1ccc(S(=O)(=O)N(CC(F)(F)F)C2CC2)c(Cl)c1. The standard InChI is InChI=1S/C11H12ClF3N2O2S/c12-9-5-7(16)1-4-10(9)20(18,19)17(8-2-3-8)6-11(13,14)15/h1,4-5,8H,2-3,6,16H2. The van der Waals surface area contributed by atoms with E-state index in [9.17, 15) is 21.6 Å². The van der Waals surface area contributed by atoms with Crippen molar-refractivity contribution in [2.45, 2.75) is 30.0 Å². The van der Waals surface area contributed by atoms with E-state index in [1.165, 1.54) is 12.1 Å². The summed E-state index contributed by atoms with van der Waals surface area (Å²) in [5.74, 6) is 0. The van der Waals surface area contributed by atoms with Crippen molar-refractivity contribution < 1.29 is 21.6 Å². The monoisotopic (exact) mass is 328 g/mol. The fourth-order valence-corrected chi connectivity index (χ4v) is 4.00. The number of nitrogens with two attached hydrogens (primary N) is 1. The second kappa shape index (κ2) is 5.09. The third-order valence-electron chi connectivity index (χ3n) is 2.83. The Kier molecular flexibility index (Phi) is 3.92. The minimum absolute atomic E-state index is 0.183. The quantitative estimate of drug-likeness (QED) is 0.864. The van der Waals surface area contributed by atoms with Crippen LogP contribution in [0.4, 0.5) is 18.9 Å². The van der Waals surface area contributed by atoms with Crippen LogP contribution in [0, 0.1) is 0 Å². The highest BCUT2D eigenvalue weighted by atomic mass is 35.5. The van der Waals surface area contributed by atoms with Gasteiger partial charge in [-0.2, -0.15) is 17.5 Å². The molecule has 0 aromatic heterocycles. The van der Waals surface area contributed by atoms with Crippen LogP contribution in [0.5, 0.6) is 0 Å². The van der Waals surface area contributed by atoms with Gasteiger partial charge in [0.05, 0.1) is 5.02 Å². The number of benzene rings is 1. The molecule has 1 aromatic carbocycles. The molecule has 0 atom stereocenters. The Hall–Kier alpha value is -0.990. The van der Waals surface area contributed by atoms with Gasteiger partial charge in [-0.05, 0) is 31.0 Å². The van der Waals surface area contributed by atoms with Gasteiger partial charge in [-0.15, -0.1) is 0 Å². The predicted octanol–water partition coefficient (Wildman–Crippen LogP) is 2.64. The topological polar surface area (TPSA) is 63.4 Å². The van der Waals surface area contributed by atoms with Gasteiger partial charge in [-0.25, -0.2) is 8.42 Å². The summed E-state index contributed by atoms with van der Waals surface area (Å²) in [4.78, 5) is -0.357. The average Bonchev–Trinajstić information content (AvgIpc) is 3.07. The molecule has 0 heterocycles. The molecule has 1 aliphatic carbocycles. The molecule has 9 heteroatoms. The van der Waals surface area contributed by atoms with Gasteiger partial charge < -0.3 is 5.73 Å². The van der Waals surface area contributed by atoms with Crippen LogP contribution in [0.2, 0.25) is 5.02 Å². The number of alkyl halides is 3. The van der Waals surface area contributed by atoms with E-state index in [1.54, 1.807) is 0 Å². The van der Waals surface area contributed by atoms with Crippen LogP contribution in [0.1, 0.15) is 12.8 Å². The molecule has 1 aliphatic rings. The van der Waals surface area contributed by atoms with Gasteiger partial charge in [0.2, 0.25) is 10.0 Å². The van der Waals surface area contributed by atoms with Crippen molar-refractivity contribution in [1.82, 2.24) is 4.31 Å². The molecule has 0 unspecified atom stereocenters. The minimum Gasteiger partial charge on any atom is -0.399 e. The molecule has 4 nitrogen and oxygen atoms in total. The van der Waals surface area contributed by atoms with Crippen molar-refractivity contribution in [2.24, 2.45) is 0 Å². The Morgan fingerprint density at radius 2 is 1.95 bits per heavy atom. The highest BCUT2D eigenvalue weighted by Crippen LogP contribution is 2.36. The summed E-state index contributed by atoms with van der Waals surface area (Å²) >= 11 is 5.79. The summed E-state index contributed by atoms with van der Waals surface area (Å²) in [6.45, 7) is -1.51. The first-order valence-corrected chi connectivity index (χ1v) is 7.57. The summed E-state index contributed by atoms with van der Waals surface area (Å²) in [5.41, 5.74) is 5.69. The van der Waals surface area contributed by atoms with E-state index >= 15 is 0 Å². The summed E-state index contributed by atoms with van der Waals surface area (Å²) in [7, 11) is -4.29. The number of anilines is 1. The zero-order chi connectivity index (χ0) is 15.1. The number of sulfonamides is 1. The highest BCUT2D eigenvalue weighted by Gasteiger charge is 2.45. The van der Waals surface area contributed by atoms with E-state index in [0.29, 0.717) is 17.1 Å². The summed E-state index contributed by atoms with van der Waals surface area (Å²) < 4.78 is 62.7. The number of hydrogen-bond acceptors (Lipinski definition) is 3. The van der Waals surface area contributed by atoms with E-state index in [1.807, 2.05) is 0 Å². The maximum absolute atomic E-state index is 12.5.